The van der Waals surface area contributed by atoms with Gasteiger partial charge in [-0.3, -0.25) is 4.68 Å². The summed E-state index contributed by atoms with van der Waals surface area (Å²) in [6, 6.07) is 3.32. The van der Waals surface area contributed by atoms with Crippen LogP contribution in [0.25, 0.3) is 10.9 Å². The number of fused-ring (bicyclic) bond motifs is 1. The largest absolute Gasteiger partial charge is 0.267 e. The number of nitrogens with zero attached hydrogens (tertiary/aromatic N) is 2. The molecule has 0 unspecified atom stereocenters. The summed E-state index contributed by atoms with van der Waals surface area (Å²) in [5.41, 5.74) is 2.62. The molecule has 2 aromatic rings. The molecule has 0 bridgehead atoms. The molecule has 0 radical (unpaired) electrons. The van der Waals surface area contributed by atoms with Gasteiger partial charge in [-0.05, 0) is 25.5 Å². The molecule has 0 atom stereocenters. The first kappa shape index (κ1) is 9.19. The van der Waals surface area contributed by atoms with Crippen molar-refractivity contribution in [3.63, 3.8) is 0 Å². The number of hydrogen-bond acceptors (Lipinski definition) is 1. The zero-order chi connectivity index (χ0) is 10.3. The molecule has 1 heterocycles. The van der Waals surface area contributed by atoms with Crippen LogP contribution in [-0.2, 0) is 13.5 Å². The van der Waals surface area contributed by atoms with Gasteiger partial charge in [0.25, 0.3) is 0 Å². The van der Waals surface area contributed by atoms with Gasteiger partial charge in [0.1, 0.15) is 5.82 Å². The Kier molecular flexibility index (Phi) is 2.02. The highest BCUT2D eigenvalue weighted by molar-refractivity contribution is 5.85. The quantitative estimate of drug-likeness (QED) is 0.679. The van der Waals surface area contributed by atoms with Gasteiger partial charge in [0.15, 0.2) is 0 Å². The molecule has 0 aliphatic carbocycles. The fourth-order valence-corrected chi connectivity index (χ4v) is 1.87. The molecular formula is C11H13FN2. The van der Waals surface area contributed by atoms with Crippen LogP contribution in [0.4, 0.5) is 4.39 Å². The van der Waals surface area contributed by atoms with Crippen molar-refractivity contribution in [3.05, 3.63) is 29.2 Å². The molecule has 0 saturated heterocycles. The predicted molar refractivity (Wildman–Crippen MR) is 54.8 cm³/mol. The smallest absolute Gasteiger partial charge is 0.128 e. The van der Waals surface area contributed by atoms with Crippen LogP contribution in [-0.4, -0.2) is 9.78 Å². The molecule has 1 aromatic heterocycles. The van der Waals surface area contributed by atoms with E-state index in [0.29, 0.717) is 5.56 Å². The Morgan fingerprint density at radius 2 is 2.14 bits per heavy atom. The molecule has 3 heteroatoms. The van der Waals surface area contributed by atoms with Crippen molar-refractivity contribution in [1.29, 1.82) is 0 Å². The molecule has 0 fully saturated rings. The highest BCUT2D eigenvalue weighted by atomic mass is 19.1. The Bertz CT molecular complexity index is 485. The van der Waals surface area contributed by atoms with Crippen LogP contribution in [0.5, 0.6) is 0 Å². The fourth-order valence-electron chi connectivity index (χ4n) is 1.87. The monoisotopic (exact) mass is 192 g/mol. The summed E-state index contributed by atoms with van der Waals surface area (Å²) in [7, 11) is 1.86. The van der Waals surface area contributed by atoms with E-state index in [1.165, 1.54) is 6.07 Å². The van der Waals surface area contributed by atoms with E-state index < -0.39 is 0 Å². The summed E-state index contributed by atoms with van der Waals surface area (Å²) in [5.74, 6) is -0.164. The summed E-state index contributed by atoms with van der Waals surface area (Å²) in [4.78, 5) is 0. The first-order valence-electron chi connectivity index (χ1n) is 4.75. The molecule has 2 nitrogen and oxygen atoms in total. The van der Waals surface area contributed by atoms with Crippen LogP contribution >= 0.6 is 0 Å². The van der Waals surface area contributed by atoms with Crippen LogP contribution in [0.3, 0.4) is 0 Å². The summed E-state index contributed by atoms with van der Waals surface area (Å²) >= 11 is 0. The lowest BCUT2D eigenvalue weighted by Gasteiger charge is -2.00. The second-order valence-electron chi connectivity index (χ2n) is 3.49. The SMILES string of the molecule is CCc1nn(C)c2c(C)c(F)ccc12. The van der Waals surface area contributed by atoms with Crippen molar-refractivity contribution >= 4 is 10.9 Å². The molecule has 14 heavy (non-hydrogen) atoms. The van der Waals surface area contributed by atoms with E-state index in [4.69, 9.17) is 0 Å². The highest BCUT2D eigenvalue weighted by Gasteiger charge is 2.11. The van der Waals surface area contributed by atoms with Gasteiger partial charge in [0.05, 0.1) is 11.2 Å². The molecule has 0 saturated carbocycles. The second kappa shape index (κ2) is 3.08. The minimum absolute atomic E-state index is 0.164. The molecule has 0 amide bonds. The maximum absolute atomic E-state index is 13.3. The zero-order valence-electron chi connectivity index (χ0n) is 8.63. The standard InChI is InChI=1S/C11H13FN2/c1-4-10-8-5-6-9(12)7(2)11(8)14(3)13-10/h5-6H,4H2,1-3H3. The van der Waals surface area contributed by atoms with E-state index in [2.05, 4.69) is 12.0 Å². The summed E-state index contributed by atoms with van der Waals surface area (Å²) < 4.78 is 15.1. The normalized spacial score (nSPS) is 11.1. The summed E-state index contributed by atoms with van der Waals surface area (Å²) in [6.07, 6.45) is 0.877. The van der Waals surface area contributed by atoms with Crippen molar-refractivity contribution in [3.8, 4) is 0 Å². The predicted octanol–water partition coefficient (Wildman–Crippen LogP) is 2.58. The average Bonchev–Trinajstić information content (AvgIpc) is 2.49. The number of hydrogen-bond donors (Lipinski definition) is 0. The number of aromatic nitrogens is 2. The van der Waals surface area contributed by atoms with Crippen molar-refractivity contribution in [1.82, 2.24) is 9.78 Å². The van der Waals surface area contributed by atoms with Gasteiger partial charge in [-0.2, -0.15) is 5.10 Å². The van der Waals surface area contributed by atoms with Gasteiger partial charge in [0.2, 0.25) is 0 Å². The lowest BCUT2D eigenvalue weighted by molar-refractivity contribution is 0.619. The second-order valence-corrected chi connectivity index (χ2v) is 3.49. The summed E-state index contributed by atoms with van der Waals surface area (Å²) in [5, 5.41) is 5.42. The molecule has 0 aliphatic heterocycles. The Morgan fingerprint density at radius 1 is 1.43 bits per heavy atom. The van der Waals surface area contributed by atoms with E-state index in [-0.39, 0.29) is 5.82 Å². The van der Waals surface area contributed by atoms with Crippen LogP contribution in [0, 0.1) is 12.7 Å². The minimum Gasteiger partial charge on any atom is -0.267 e. The first-order chi connectivity index (χ1) is 6.65. The Balaban J connectivity index is 2.89. The van der Waals surface area contributed by atoms with Crippen LogP contribution in [0.15, 0.2) is 12.1 Å². The third-order valence-corrected chi connectivity index (χ3v) is 2.61. The van der Waals surface area contributed by atoms with Crippen molar-refractivity contribution in [2.75, 3.05) is 0 Å². The third kappa shape index (κ3) is 1.12. The van der Waals surface area contributed by atoms with Crippen LogP contribution in [0.2, 0.25) is 0 Å². The summed E-state index contributed by atoms with van der Waals surface area (Å²) in [6.45, 7) is 3.85. The average molecular weight is 192 g/mol. The van der Waals surface area contributed by atoms with Gasteiger partial charge in [-0.15, -0.1) is 0 Å². The fraction of sp³-hybridized carbons (Fsp3) is 0.364. The molecular weight excluding hydrogens is 179 g/mol. The number of rotatable bonds is 1. The van der Waals surface area contributed by atoms with Crippen LogP contribution in [0.1, 0.15) is 18.2 Å². The number of halogens is 1. The Hall–Kier alpha value is -1.38. The third-order valence-electron chi connectivity index (χ3n) is 2.61. The van der Waals surface area contributed by atoms with Crippen LogP contribution < -0.4 is 0 Å². The molecule has 0 N–H and O–H groups in total. The van der Waals surface area contributed by atoms with E-state index in [1.807, 2.05) is 13.1 Å². The Labute approximate surface area is 82.3 Å². The topological polar surface area (TPSA) is 17.8 Å². The van der Waals surface area contributed by atoms with E-state index >= 15 is 0 Å². The van der Waals surface area contributed by atoms with E-state index in [0.717, 1.165) is 23.0 Å². The first-order valence-corrected chi connectivity index (χ1v) is 4.75. The molecule has 0 aliphatic rings. The van der Waals surface area contributed by atoms with E-state index in [1.54, 1.807) is 11.6 Å². The Morgan fingerprint density at radius 3 is 2.79 bits per heavy atom. The molecule has 0 spiro atoms. The maximum atomic E-state index is 13.3. The molecule has 74 valence electrons. The van der Waals surface area contributed by atoms with Crippen molar-refractivity contribution < 1.29 is 4.39 Å². The molecule has 2 rings (SSSR count). The van der Waals surface area contributed by atoms with Gasteiger partial charge < -0.3 is 0 Å². The maximum Gasteiger partial charge on any atom is 0.128 e. The minimum atomic E-state index is -0.164. The highest BCUT2D eigenvalue weighted by Crippen LogP contribution is 2.23. The van der Waals surface area contributed by atoms with E-state index in [9.17, 15) is 4.39 Å². The van der Waals surface area contributed by atoms with Crippen molar-refractivity contribution in [2.45, 2.75) is 20.3 Å². The van der Waals surface area contributed by atoms with Gasteiger partial charge >= 0.3 is 0 Å². The van der Waals surface area contributed by atoms with Crippen molar-refractivity contribution in [2.24, 2.45) is 7.05 Å². The van der Waals surface area contributed by atoms with Gasteiger partial charge in [0, 0.05) is 18.0 Å². The van der Waals surface area contributed by atoms with Gasteiger partial charge in [-0.25, -0.2) is 4.39 Å². The molecule has 1 aromatic carbocycles. The zero-order valence-corrected chi connectivity index (χ0v) is 8.63. The lowest BCUT2D eigenvalue weighted by Crippen LogP contribution is -1.93. The number of benzene rings is 1. The lowest BCUT2D eigenvalue weighted by atomic mass is 10.1. The van der Waals surface area contributed by atoms with Gasteiger partial charge in [-0.1, -0.05) is 6.92 Å². The number of aryl methyl sites for hydroxylation is 3.